The molecule has 0 amide bonds. The molecule has 0 bridgehead atoms. The molecular formula is C13H12BrNO2S. The minimum Gasteiger partial charge on any atom is -0.395 e. The quantitative estimate of drug-likeness (QED) is 0.943. The van der Waals surface area contributed by atoms with Crippen molar-refractivity contribution in [2.75, 3.05) is 19.8 Å². The molecule has 1 aliphatic heterocycles. The number of aliphatic hydroxyl groups is 1. The molecule has 0 unspecified atom stereocenters. The molecule has 1 N–H and O–H groups in total. The monoisotopic (exact) mass is 325 g/mol. The van der Waals surface area contributed by atoms with Crippen molar-refractivity contribution in [3.05, 3.63) is 39.8 Å². The number of nitrogens with zero attached hydrogens (tertiary/aromatic N) is 1. The first-order valence-electron chi connectivity index (χ1n) is 5.64. The van der Waals surface area contributed by atoms with Crippen LogP contribution in [-0.4, -0.2) is 29.9 Å². The molecule has 94 valence electrons. The Morgan fingerprint density at radius 1 is 1.33 bits per heavy atom. The minimum atomic E-state index is -0.274. The smallest absolute Gasteiger partial charge is 0.123 e. The third-order valence-electron chi connectivity index (χ3n) is 3.20. The highest BCUT2D eigenvalue weighted by molar-refractivity contribution is 9.10. The van der Waals surface area contributed by atoms with Gasteiger partial charge in [-0.05, 0) is 12.1 Å². The molecule has 1 aliphatic rings. The fourth-order valence-electron chi connectivity index (χ4n) is 1.91. The normalized spacial score (nSPS) is 17.4. The predicted octanol–water partition coefficient (Wildman–Crippen LogP) is 2.83. The lowest BCUT2D eigenvalue weighted by atomic mass is 9.84. The summed E-state index contributed by atoms with van der Waals surface area (Å²) in [6.07, 6.45) is 0. The van der Waals surface area contributed by atoms with Crippen LogP contribution in [0.3, 0.4) is 0 Å². The Bertz CT molecular complexity index is 543. The van der Waals surface area contributed by atoms with Gasteiger partial charge in [0.05, 0.1) is 30.9 Å². The topological polar surface area (TPSA) is 42.4 Å². The molecule has 3 nitrogen and oxygen atoms in total. The van der Waals surface area contributed by atoms with Crippen LogP contribution in [-0.2, 0) is 10.2 Å². The summed E-state index contributed by atoms with van der Waals surface area (Å²) < 4.78 is 6.27. The Morgan fingerprint density at radius 3 is 2.61 bits per heavy atom. The van der Waals surface area contributed by atoms with Crippen LogP contribution < -0.4 is 0 Å². The maximum absolute atomic E-state index is 9.48. The van der Waals surface area contributed by atoms with E-state index >= 15 is 0 Å². The van der Waals surface area contributed by atoms with E-state index in [0.717, 1.165) is 20.7 Å². The summed E-state index contributed by atoms with van der Waals surface area (Å²) in [5.74, 6) is 0. The summed E-state index contributed by atoms with van der Waals surface area (Å²) in [5.41, 5.74) is 1.77. The molecule has 0 aliphatic carbocycles. The van der Waals surface area contributed by atoms with E-state index in [2.05, 4.69) is 20.9 Å². The Hall–Kier alpha value is -0.750. The standard InChI is InChI=1S/C13H12BrNO2S/c14-10-3-1-9(2-4-10)12-15-11(5-18-12)13(6-16)7-17-8-13/h1-5,16H,6-8H2. The van der Waals surface area contributed by atoms with E-state index in [9.17, 15) is 5.11 Å². The van der Waals surface area contributed by atoms with E-state index in [1.807, 2.05) is 29.6 Å². The van der Waals surface area contributed by atoms with Crippen molar-refractivity contribution in [3.63, 3.8) is 0 Å². The molecule has 18 heavy (non-hydrogen) atoms. The second kappa shape index (κ2) is 4.74. The predicted molar refractivity (Wildman–Crippen MR) is 74.8 cm³/mol. The molecule has 0 radical (unpaired) electrons. The van der Waals surface area contributed by atoms with Gasteiger partial charge >= 0.3 is 0 Å². The van der Waals surface area contributed by atoms with Crippen molar-refractivity contribution in [3.8, 4) is 10.6 Å². The van der Waals surface area contributed by atoms with Crippen molar-refractivity contribution in [2.24, 2.45) is 0 Å². The SMILES string of the molecule is OCC1(c2csc(-c3ccc(Br)cc3)n2)COC1. The molecule has 5 heteroatoms. The number of halogens is 1. The number of rotatable bonds is 3. The van der Waals surface area contributed by atoms with Gasteiger partial charge in [-0.2, -0.15) is 0 Å². The van der Waals surface area contributed by atoms with E-state index in [4.69, 9.17) is 4.74 Å². The Balaban J connectivity index is 1.91. The molecule has 0 spiro atoms. The van der Waals surface area contributed by atoms with Crippen LogP contribution in [0.2, 0.25) is 0 Å². The van der Waals surface area contributed by atoms with Crippen molar-refractivity contribution in [2.45, 2.75) is 5.41 Å². The summed E-state index contributed by atoms with van der Waals surface area (Å²) in [6.45, 7) is 1.22. The zero-order valence-corrected chi connectivity index (χ0v) is 12.0. The Kier molecular flexibility index (Phi) is 3.23. The van der Waals surface area contributed by atoms with E-state index in [1.54, 1.807) is 11.3 Å². The zero-order valence-electron chi connectivity index (χ0n) is 9.60. The van der Waals surface area contributed by atoms with Gasteiger partial charge in [0, 0.05) is 15.4 Å². The number of hydrogen-bond donors (Lipinski definition) is 1. The van der Waals surface area contributed by atoms with Crippen molar-refractivity contribution in [1.82, 2.24) is 4.98 Å². The van der Waals surface area contributed by atoms with Gasteiger partial charge in [-0.3, -0.25) is 0 Å². The van der Waals surface area contributed by atoms with Crippen molar-refractivity contribution in [1.29, 1.82) is 0 Å². The molecule has 2 aromatic rings. The number of aromatic nitrogens is 1. The first kappa shape index (κ1) is 12.3. The summed E-state index contributed by atoms with van der Waals surface area (Å²) in [5, 5.41) is 12.5. The van der Waals surface area contributed by atoms with Crippen LogP contribution in [0.5, 0.6) is 0 Å². The largest absolute Gasteiger partial charge is 0.395 e. The number of thiazole rings is 1. The van der Waals surface area contributed by atoms with Gasteiger partial charge in [-0.25, -0.2) is 4.98 Å². The highest BCUT2D eigenvalue weighted by Crippen LogP contribution is 2.35. The number of hydrogen-bond acceptors (Lipinski definition) is 4. The molecule has 2 heterocycles. The number of aliphatic hydroxyl groups excluding tert-OH is 1. The second-order valence-corrected chi connectivity index (χ2v) is 6.25. The molecule has 1 aromatic heterocycles. The van der Waals surface area contributed by atoms with E-state index in [-0.39, 0.29) is 12.0 Å². The van der Waals surface area contributed by atoms with Crippen LogP contribution >= 0.6 is 27.3 Å². The van der Waals surface area contributed by atoms with Gasteiger partial charge in [0.15, 0.2) is 0 Å². The lowest BCUT2D eigenvalue weighted by Gasteiger charge is -2.38. The van der Waals surface area contributed by atoms with E-state index < -0.39 is 0 Å². The van der Waals surface area contributed by atoms with Crippen molar-refractivity contribution < 1.29 is 9.84 Å². The van der Waals surface area contributed by atoms with Gasteiger partial charge in [-0.15, -0.1) is 11.3 Å². The number of ether oxygens (including phenoxy) is 1. The summed E-state index contributed by atoms with van der Waals surface area (Å²) >= 11 is 5.03. The fourth-order valence-corrected chi connectivity index (χ4v) is 3.12. The van der Waals surface area contributed by atoms with Crippen LogP contribution in [0.1, 0.15) is 5.69 Å². The lowest BCUT2D eigenvalue weighted by molar-refractivity contribution is -0.0859. The second-order valence-electron chi connectivity index (χ2n) is 4.48. The maximum atomic E-state index is 9.48. The van der Waals surface area contributed by atoms with Gasteiger partial charge in [0.2, 0.25) is 0 Å². The molecule has 0 atom stereocenters. The minimum absolute atomic E-state index is 0.0938. The molecule has 1 aromatic carbocycles. The molecular weight excluding hydrogens is 314 g/mol. The average molecular weight is 326 g/mol. The van der Waals surface area contributed by atoms with Crippen LogP contribution in [0.4, 0.5) is 0 Å². The summed E-state index contributed by atoms with van der Waals surface area (Å²) in [4.78, 5) is 4.64. The van der Waals surface area contributed by atoms with Crippen LogP contribution in [0.15, 0.2) is 34.1 Å². The first-order valence-corrected chi connectivity index (χ1v) is 7.31. The first-order chi connectivity index (χ1) is 8.73. The van der Waals surface area contributed by atoms with E-state index in [0.29, 0.717) is 13.2 Å². The third kappa shape index (κ3) is 2.01. The lowest BCUT2D eigenvalue weighted by Crippen LogP contribution is -2.49. The molecule has 1 saturated heterocycles. The molecule has 3 rings (SSSR count). The van der Waals surface area contributed by atoms with Gasteiger partial charge < -0.3 is 9.84 Å². The number of benzene rings is 1. The van der Waals surface area contributed by atoms with Crippen LogP contribution in [0.25, 0.3) is 10.6 Å². The summed E-state index contributed by atoms with van der Waals surface area (Å²) in [6, 6.07) is 8.08. The van der Waals surface area contributed by atoms with Gasteiger partial charge in [-0.1, -0.05) is 28.1 Å². The maximum Gasteiger partial charge on any atom is 0.123 e. The summed E-state index contributed by atoms with van der Waals surface area (Å²) in [7, 11) is 0. The van der Waals surface area contributed by atoms with E-state index in [1.165, 1.54) is 0 Å². The van der Waals surface area contributed by atoms with Gasteiger partial charge in [0.1, 0.15) is 5.01 Å². The third-order valence-corrected chi connectivity index (χ3v) is 4.62. The zero-order chi connectivity index (χ0) is 12.6. The highest BCUT2D eigenvalue weighted by Gasteiger charge is 2.42. The van der Waals surface area contributed by atoms with Crippen LogP contribution in [0, 0.1) is 0 Å². The fraction of sp³-hybridized carbons (Fsp3) is 0.308. The van der Waals surface area contributed by atoms with Crippen molar-refractivity contribution >= 4 is 27.3 Å². The van der Waals surface area contributed by atoms with Gasteiger partial charge in [0.25, 0.3) is 0 Å². The highest BCUT2D eigenvalue weighted by atomic mass is 79.9. The molecule has 1 fully saturated rings. The Labute approximate surface area is 118 Å². The average Bonchev–Trinajstić information content (AvgIpc) is 2.79. The molecule has 0 saturated carbocycles. The Morgan fingerprint density at radius 2 is 2.06 bits per heavy atom.